The van der Waals surface area contributed by atoms with Crippen LogP contribution in [-0.2, 0) is 10.0 Å². The third kappa shape index (κ3) is 4.78. The number of anilines is 1. The van der Waals surface area contributed by atoms with Crippen molar-refractivity contribution in [2.45, 2.75) is 14.8 Å². The highest BCUT2D eigenvalue weighted by Crippen LogP contribution is 2.26. The SMILES string of the molecule is CN(C)S(=O)(=O)c1cccc(NC(=O)c2ccc(Sc3ccccn3)cc2)c1. The van der Waals surface area contributed by atoms with E-state index in [1.165, 1.54) is 38.0 Å². The molecule has 0 aliphatic carbocycles. The molecule has 0 bridgehead atoms. The lowest BCUT2D eigenvalue weighted by Gasteiger charge is -2.12. The number of hydrogen-bond acceptors (Lipinski definition) is 5. The van der Waals surface area contributed by atoms with E-state index in [0.717, 1.165) is 14.2 Å². The molecule has 144 valence electrons. The third-order valence-electron chi connectivity index (χ3n) is 3.85. The molecule has 1 N–H and O–H groups in total. The Labute approximate surface area is 168 Å². The minimum Gasteiger partial charge on any atom is -0.322 e. The van der Waals surface area contributed by atoms with Gasteiger partial charge in [0.1, 0.15) is 5.03 Å². The van der Waals surface area contributed by atoms with Gasteiger partial charge in [0, 0.05) is 36.4 Å². The zero-order valence-electron chi connectivity index (χ0n) is 15.4. The van der Waals surface area contributed by atoms with E-state index >= 15 is 0 Å². The van der Waals surface area contributed by atoms with Gasteiger partial charge in [-0.3, -0.25) is 4.79 Å². The first-order valence-corrected chi connectivity index (χ1v) is 10.6. The number of rotatable bonds is 6. The number of aromatic nitrogens is 1. The topological polar surface area (TPSA) is 79.4 Å². The second-order valence-electron chi connectivity index (χ2n) is 6.06. The summed E-state index contributed by atoms with van der Waals surface area (Å²) in [5, 5.41) is 3.61. The summed E-state index contributed by atoms with van der Waals surface area (Å²) < 4.78 is 25.6. The van der Waals surface area contributed by atoms with Crippen molar-refractivity contribution in [2.24, 2.45) is 0 Å². The van der Waals surface area contributed by atoms with Crippen LogP contribution in [0.4, 0.5) is 5.69 Å². The fourth-order valence-electron chi connectivity index (χ4n) is 2.35. The van der Waals surface area contributed by atoms with Gasteiger partial charge in [-0.1, -0.05) is 23.9 Å². The Kier molecular flexibility index (Phi) is 6.13. The summed E-state index contributed by atoms with van der Waals surface area (Å²) in [6.45, 7) is 0. The van der Waals surface area contributed by atoms with Gasteiger partial charge in [0.2, 0.25) is 10.0 Å². The van der Waals surface area contributed by atoms with Crippen LogP contribution in [0.25, 0.3) is 0 Å². The number of carbonyl (C=O) groups excluding carboxylic acids is 1. The van der Waals surface area contributed by atoms with Gasteiger partial charge in [0.15, 0.2) is 0 Å². The molecule has 28 heavy (non-hydrogen) atoms. The van der Waals surface area contributed by atoms with Crippen LogP contribution in [0.15, 0.2) is 87.7 Å². The number of carbonyl (C=O) groups is 1. The van der Waals surface area contributed by atoms with Crippen LogP contribution in [0.5, 0.6) is 0 Å². The van der Waals surface area contributed by atoms with E-state index in [2.05, 4.69) is 10.3 Å². The van der Waals surface area contributed by atoms with Gasteiger partial charge >= 0.3 is 0 Å². The van der Waals surface area contributed by atoms with Crippen molar-refractivity contribution in [2.75, 3.05) is 19.4 Å². The second-order valence-corrected chi connectivity index (χ2v) is 9.31. The van der Waals surface area contributed by atoms with Gasteiger partial charge in [-0.25, -0.2) is 17.7 Å². The molecule has 0 spiro atoms. The Morgan fingerprint density at radius 2 is 1.75 bits per heavy atom. The summed E-state index contributed by atoms with van der Waals surface area (Å²) >= 11 is 1.51. The molecule has 1 heterocycles. The Hall–Kier alpha value is -2.68. The van der Waals surface area contributed by atoms with Crippen molar-refractivity contribution in [3.05, 3.63) is 78.5 Å². The molecule has 0 fully saturated rings. The maximum atomic E-state index is 12.5. The van der Waals surface area contributed by atoms with E-state index in [9.17, 15) is 13.2 Å². The van der Waals surface area contributed by atoms with Crippen LogP contribution in [0.3, 0.4) is 0 Å². The van der Waals surface area contributed by atoms with Crippen LogP contribution in [0, 0.1) is 0 Å². The first-order chi connectivity index (χ1) is 13.4. The van der Waals surface area contributed by atoms with Gasteiger partial charge in [-0.15, -0.1) is 0 Å². The van der Waals surface area contributed by atoms with Gasteiger partial charge < -0.3 is 5.32 Å². The van der Waals surface area contributed by atoms with Gasteiger partial charge in [-0.05, 0) is 54.6 Å². The first-order valence-electron chi connectivity index (χ1n) is 8.39. The largest absolute Gasteiger partial charge is 0.322 e. The van der Waals surface area contributed by atoms with Crippen LogP contribution >= 0.6 is 11.8 Å². The van der Waals surface area contributed by atoms with Crippen molar-refractivity contribution in [3.8, 4) is 0 Å². The summed E-state index contributed by atoms with van der Waals surface area (Å²) in [5.41, 5.74) is 0.895. The highest BCUT2D eigenvalue weighted by atomic mass is 32.2. The first kappa shape index (κ1) is 20.1. The maximum absolute atomic E-state index is 12.5. The smallest absolute Gasteiger partial charge is 0.255 e. The summed E-state index contributed by atoms with van der Waals surface area (Å²) in [6.07, 6.45) is 1.73. The lowest BCUT2D eigenvalue weighted by Crippen LogP contribution is -2.22. The Morgan fingerprint density at radius 3 is 2.39 bits per heavy atom. The fraction of sp³-hybridized carbons (Fsp3) is 0.100. The van der Waals surface area contributed by atoms with Crippen molar-refractivity contribution >= 4 is 33.4 Å². The molecule has 1 amide bonds. The standard InChI is InChI=1S/C20H19N3O3S2/c1-23(2)28(25,26)18-7-5-6-16(14-18)22-20(24)15-9-11-17(12-10-15)27-19-8-3-4-13-21-19/h3-14H,1-2H3,(H,22,24). The number of amides is 1. The molecular weight excluding hydrogens is 394 g/mol. The predicted octanol–water partition coefficient (Wildman–Crippen LogP) is 3.74. The lowest BCUT2D eigenvalue weighted by molar-refractivity contribution is 0.102. The molecule has 0 aliphatic rings. The number of pyridine rings is 1. The van der Waals surface area contributed by atoms with Crippen molar-refractivity contribution in [3.63, 3.8) is 0 Å². The molecule has 0 saturated carbocycles. The van der Waals surface area contributed by atoms with E-state index in [0.29, 0.717) is 11.3 Å². The van der Waals surface area contributed by atoms with Crippen LogP contribution in [-0.4, -0.2) is 37.7 Å². The minimum atomic E-state index is -3.56. The number of sulfonamides is 1. The average Bonchev–Trinajstić information content (AvgIpc) is 2.69. The minimum absolute atomic E-state index is 0.123. The molecule has 3 rings (SSSR count). The van der Waals surface area contributed by atoms with Crippen molar-refractivity contribution in [1.29, 1.82) is 0 Å². The van der Waals surface area contributed by atoms with E-state index < -0.39 is 10.0 Å². The molecule has 0 unspecified atom stereocenters. The Balaban J connectivity index is 1.71. The molecule has 8 heteroatoms. The Bertz CT molecular complexity index is 1070. The van der Waals surface area contributed by atoms with E-state index in [1.54, 1.807) is 30.5 Å². The number of nitrogens with zero attached hydrogens (tertiary/aromatic N) is 2. The molecule has 0 radical (unpaired) electrons. The molecule has 2 aromatic carbocycles. The van der Waals surface area contributed by atoms with Gasteiger partial charge in [0.05, 0.1) is 4.90 Å². The van der Waals surface area contributed by atoms with E-state index in [4.69, 9.17) is 0 Å². The zero-order chi connectivity index (χ0) is 20.1. The summed E-state index contributed by atoms with van der Waals surface area (Å²) in [4.78, 5) is 17.8. The number of benzene rings is 2. The van der Waals surface area contributed by atoms with E-state index in [1.807, 2.05) is 30.3 Å². The highest BCUT2D eigenvalue weighted by Gasteiger charge is 2.17. The molecule has 0 aliphatic heterocycles. The highest BCUT2D eigenvalue weighted by molar-refractivity contribution is 7.99. The van der Waals surface area contributed by atoms with Gasteiger partial charge in [0.25, 0.3) is 5.91 Å². The van der Waals surface area contributed by atoms with Crippen LogP contribution in [0.1, 0.15) is 10.4 Å². The maximum Gasteiger partial charge on any atom is 0.255 e. The normalized spacial score (nSPS) is 11.4. The lowest BCUT2D eigenvalue weighted by atomic mass is 10.2. The Morgan fingerprint density at radius 1 is 1.00 bits per heavy atom. The molecule has 1 aromatic heterocycles. The predicted molar refractivity (Wildman–Crippen MR) is 110 cm³/mol. The van der Waals surface area contributed by atoms with E-state index in [-0.39, 0.29) is 10.8 Å². The molecular formula is C20H19N3O3S2. The van der Waals surface area contributed by atoms with Crippen molar-refractivity contribution in [1.82, 2.24) is 9.29 Å². The molecule has 0 saturated heterocycles. The van der Waals surface area contributed by atoms with Crippen molar-refractivity contribution < 1.29 is 13.2 Å². The molecule has 6 nitrogen and oxygen atoms in total. The average molecular weight is 414 g/mol. The third-order valence-corrected chi connectivity index (χ3v) is 6.62. The van der Waals surface area contributed by atoms with Crippen LogP contribution < -0.4 is 5.32 Å². The van der Waals surface area contributed by atoms with Gasteiger partial charge in [-0.2, -0.15) is 0 Å². The summed E-state index contributed by atoms with van der Waals surface area (Å²) in [6, 6.07) is 19.0. The summed E-state index contributed by atoms with van der Waals surface area (Å²) in [7, 11) is -0.635. The van der Waals surface area contributed by atoms with Crippen LogP contribution in [0.2, 0.25) is 0 Å². The monoisotopic (exact) mass is 413 g/mol. The second kappa shape index (κ2) is 8.55. The zero-order valence-corrected chi connectivity index (χ0v) is 17.0. The molecule has 3 aromatic rings. The summed E-state index contributed by atoms with van der Waals surface area (Å²) in [5.74, 6) is -0.311. The number of hydrogen-bond donors (Lipinski definition) is 1. The molecule has 0 atom stereocenters. The number of nitrogens with one attached hydrogen (secondary N) is 1. The quantitative estimate of drug-likeness (QED) is 0.666. The fourth-order valence-corrected chi connectivity index (χ4v) is 4.07.